The van der Waals surface area contributed by atoms with Gasteiger partial charge in [-0.25, -0.2) is 0 Å². The predicted octanol–water partition coefficient (Wildman–Crippen LogP) is 6.70. The zero-order chi connectivity index (χ0) is 15.5. The lowest BCUT2D eigenvalue weighted by atomic mass is 9.94. The van der Waals surface area contributed by atoms with Gasteiger partial charge in [-0.1, -0.05) is 62.1 Å². The second-order valence-corrected chi connectivity index (χ2v) is 5.32. The van der Waals surface area contributed by atoms with Crippen LogP contribution >= 0.6 is 0 Å². The van der Waals surface area contributed by atoms with Crippen molar-refractivity contribution in [2.45, 2.75) is 53.4 Å². The summed E-state index contributed by atoms with van der Waals surface area (Å²) in [6.45, 7) is 20.6. The van der Waals surface area contributed by atoms with E-state index < -0.39 is 0 Å². The first-order valence-electron chi connectivity index (χ1n) is 7.42. The van der Waals surface area contributed by atoms with Crippen LogP contribution in [0.4, 0.5) is 0 Å². The minimum absolute atomic E-state index is 0.929. The molecule has 0 aliphatic heterocycles. The molecule has 0 saturated heterocycles. The van der Waals surface area contributed by atoms with Crippen LogP contribution in [-0.2, 0) is 0 Å². The highest BCUT2D eigenvalue weighted by Crippen LogP contribution is 2.23. The van der Waals surface area contributed by atoms with Crippen LogP contribution in [0.3, 0.4) is 0 Å². The number of rotatable bonds is 9. The highest BCUT2D eigenvalue weighted by atomic mass is 14.1. The van der Waals surface area contributed by atoms with E-state index in [4.69, 9.17) is 0 Å². The van der Waals surface area contributed by atoms with E-state index in [1.807, 2.05) is 6.92 Å². The third kappa shape index (κ3) is 7.78. The van der Waals surface area contributed by atoms with Crippen molar-refractivity contribution < 1.29 is 0 Å². The van der Waals surface area contributed by atoms with E-state index in [2.05, 4.69) is 64.8 Å². The molecule has 0 nitrogen and oxygen atoms in total. The molecule has 0 heterocycles. The molecule has 0 fully saturated rings. The molecule has 0 aliphatic rings. The van der Waals surface area contributed by atoms with Crippen LogP contribution in [0.5, 0.6) is 0 Å². The van der Waals surface area contributed by atoms with Crippen LogP contribution in [-0.4, -0.2) is 0 Å². The maximum Gasteiger partial charge on any atom is -0.0141 e. The van der Waals surface area contributed by atoms with Crippen molar-refractivity contribution in [2.24, 2.45) is 0 Å². The second-order valence-electron chi connectivity index (χ2n) is 5.32. The predicted molar refractivity (Wildman–Crippen MR) is 93.9 cm³/mol. The Labute approximate surface area is 126 Å². The van der Waals surface area contributed by atoms with Gasteiger partial charge in [0.05, 0.1) is 0 Å². The Balaban J connectivity index is 4.41. The van der Waals surface area contributed by atoms with Crippen LogP contribution in [0.25, 0.3) is 0 Å². The second kappa shape index (κ2) is 10.3. The van der Waals surface area contributed by atoms with Crippen LogP contribution in [0, 0.1) is 0 Å². The molecule has 0 spiro atoms. The van der Waals surface area contributed by atoms with Gasteiger partial charge in [0, 0.05) is 0 Å². The topological polar surface area (TPSA) is 0 Å². The summed E-state index contributed by atoms with van der Waals surface area (Å²) < 4.78 is 0. The average Bonchev–Trinajstić information content (AvgIpc) is 2.37. The van der Waals surface area contributed by atoms with Gasteiger partial charge in [-0.05, 0) is 63.2 Å². The summed E-state index contributed by atoms with van der Waals surface area (Å²) in [7, 11) is 0. The van der Waals surface area contributed by atoms with Gasteiger partial charge in [-0.3, -0.25) is 0 Å². The molecule has 0 unspecified atom stereocenters. The maximum atomic E-state index is 4.22. The molecule has 0 aromatic carbocycles. The minimum Gasteiger partial charge on any atom is -0.0998 e. The molecule has 0 bridgehead atoms. The van der Waals surface area contributed by atoms with Crippen molar-refractivity contribution in [2.75, 3.05) is 0 Å². The van der Waals surface area contributed by atoms with Crippen LogP contribution in [0.15, 0.2) is 71.9 Å². The number of hydrogen-bond donors (Lipinski definition) is 0. The standard InChI is InChI=1S/C20H30/c1-8-11-18(6)20(9-2)19(7)15-14-17(5)13-10-12-16(3)4/h9-11,13H,3,5,7-8,12,14-15H2,1-2,4,6H3/b13-10-,18-11-,20-9+. The van der Waals surface area contributed by atoms with E-state index in [1.165, 1.54) is 22.3 Å². The smallest absolute Gasteiger partial charge is 0.0141 e. The largest absolute Gasteiger partial charge is 0.0998 e. The van der Waals surface area contributed by atoms with E-state index >= 15 is 0 Å². The molecule has 0 rings (SSSR count). The summed E-state index contributed by atoms with van der Waals surface area (Å²) in [6, 6.07) is 0. The zero-order valence-corrected chi connectivity index (χ0v) is 13.8. The van der Waals surface area contributed by atoms with Crippen LogP contribution in [0.1, 0.15) is 53.4 Å². The molecule has 0 aromatic heterocycles. The minimum atomic E-state index is 0.929. The number of hydrogen-bond acceptors (Lipinski definition) is 0. The van der Waals surface area contributed by atoms with E-state index in [0.717, 1.165) is 31.3 Å². The zero-order valence-electron chi connectivity index (χ0n) is 13.8. The maximum absolute atomic E-state index is 4.22. The first-order chi connectivity index (χ1) is 9.42. The highest BCUT2D eigenvalue weighted by Gasteiger charge is 2.04. The number of allylic oxidation sites excluding steroid dienone is 9. The van der Waals surface area contributed by atoms with Crippen molar-refractivity contribution in [3.63, 3.8) is 0 Å². The van der Waals surface area contributed by atoms with Gasteiger partial charge in [0.1, 0.15) is 0 Å². The molecular weight excluding hydrogens is 240 g/mol. The van der Waals surface area contributed by atoms with Gasteiger partial charge >= 0.3 is 0 Å². The Hall–Kier alpha value is -1.56. The Kier molecular flexibility index (Phi) is 9.45. The summed E-state index contributed by atoms with van der Waals surface area (Å²) in [4.78, 5) is 0. The van der Waals surface area contributed by atoms with Gasteiger partial charge < -0.3 is 0 Å². The monoisotopic (exact) mass is 270 g/mol. The fraction of sp³-hybridized carbons (Fsp3) is 0.400. The molecule has 0 amide bonds. The molecule has 0 radical (unpaired) electrons. The molecule has 0 N–H and O–H groups in total. The van der Waals surface area contributed by atoms with Crippen LogP contribution in [0.2, 0.25) is 0 Å². The lowest BCUT2D eigenvalue weighted by Gasteiger charge is -2.11. The normalized spacial score (nSPS) is 12.8. The van der Waals surface area contributed by atoms with Gasteiger partial charge in [0.25, 0.3) is 0 Å². The fourth-order valence-electron chi connectivity index (χ4n) is 2.08. The lowest BCUT2D eigenvalue weighted by Crippen LogP contribution is -1.92. The fourth-order valence-corrected chi connectivity index (χ4v) is 2.08. The van der Waals surface area contributed by atoms with E-state index in [1.54, 1.807) is 0 Å². The Morgan fingerprint density at radius 1 is 1.05 bits per heavy atom. The third-order valence-electron chi connectivity index (χ3n) is 3.17. The SMILES string of the molecule is C=C(C)C/C=C\C(=C)CCC(=C)C(=C/C)/C(C)=C\CC. The van der Waals surface area contributed by atoms with Crippen molar-refractivity contribution in [1.82, 2.24) is 0 Å². The summed E-state index contributed by atoms with van der Waals surface area (Å²) in [6.07, 6.45) is 12.6. The highest BCUT2D eigenvalue weighted by molar-refractivity contribution is 5.44. The van der Waals surface area contributed by atoms with Gasteiger partial charge in [0.15, 0.2) is 0 Å². The molecule has 0 aliphatic carbocycles. The first-order valence-corrected chi connectivity index (χ1v) is 7.42. The summed E-state index contributed by atoms with van der Waals surface area (Å²) >= 11 is 0. The summed E-state index contributed by atoms with van der Waals surface area (Å²) in [5.74, 6) is 0. The Bertz CT molecular complexity index is 439. The molecule has 0 heteroatoms. The molecule has 0 aromatic rings. The summed E-state index contributed by atoms with van der Waals surface area (Å²) in [5, 5.41) is 0. The van der Waals surface area contributed by atoms with E-state index in [-0.39, 0.29) is 0 Å². The van der Waals surface area contributed by atoms with Crippen molar-refractivity contribution in [3.05, 3.63) is 71.9 Å². The lowest BCUT2D eigenvalue weighted by molar-refractivity contribution is 0.957. The quantitative estimate of drug-likeness (QED) is 0.323. The van der Waals surface area contributed by atoms with Gasteiger partial charge in [-0.2, -0.15) is 0 Å². The first kappa shape index (κ1) is 18.4. The Morgan fingerprint density at radius 3 is 2.20 bits per heavy atom. The van der Waals surface area contributed by atoms with E-state index in [0.29, 0.717) is 0 Å². The van der Waals surface area contributed by atoms with Crippen molar-refractivity contribution in [3.8, 4) is 0 Å². The molecule has 0 saturated carbocycles. The van der Waals surface area contributed by atoms with Crippen molar-refractivity contribution in [1.29, 1.82) is 0 Å². The van der Waals surface area contributed by atoms with E-state index in [9.17, 15) is 0 Å². The molecule has 0 atom stereocenters. The molecule has 20 heavy (non-hydrogen) atoms. The van der Waals surface area contributed by atoms with Gasteiger partial charge in [0.2, 0.25) is 0 Å². The molecular formula is C20H30. The third-order valence-corrected chi connectivity index (χ3v) is 3.17. The average molecular weight is 270 g/mol. The van der Waals surface area contributed by atoms with Gasteiger partial charge in [-0.15, -0.1) is 0 Å². The van der Waals surface area contributed by atoms with Crippen molar-refractivity contribution >= 4 is 0 Å². The van der Waals surface area contributed by atoms with Crippen LogP contribution < -0.4 is 0 Å². The molecule has 110 valence electrons. The Morgan fingerprint density at radius 2 is 1.70 bits per heavy atom. The summed E-state index contributed by atoms with van der Waals surface area (Å²) in [5.41, 5.74) is 6.13.